The second-order valence-electron chi connectivity index (χ2n) is 4.69. The summed E-state index contributed by atoms with van der Waals surface area (Å²) < 4.78 is 0. The molecule has 1 radical (unpaired) electrons. The van der Waals surface area contributed by atoms with Crippen LogP contribution in [0.25, 0.3) is 21.9 Å². The van der Waals surface area contributed by atoms with Crippen LogP contribution in [0.1, 0.15) is 5.56 Å². The van der Waals surface area contributed by atoms with Crippen LogP contribution in [0.2, 0.25) is 5.15 Å². The van der Waals surface area contributed by atoms with E-state index in [0.717, 1.165) is 29.1 Å². The van der Waals surface area contributed by atoms with Crippen molar-refractivity contribution in [1.82, 2.24) is 20.6 Å². The molecule has 3 N–H and O–H groups in total. The van der Waals surface area contributed by atoms with Gasteiger partial charge in [0, 0.05) is 22.7 Å². The van der Waals surface area contributed by atoms with E-state index in [1.807, 2.05) is 26.2 Å². The molecule has 0 saturated heterocycles. The minimum atomic E-state index is 0.505. The monoisotopic (exact) mass is 287 g/mol. The molecule has 0 spiro atoms. The van der Waals surface area contributed by atoms with Crippen molar-refractivity contribution in [3.05, 3.63) is 47.2 Å². The van der Waals surface area contributed by atoms with Crippen LogP contribution in [0.15, 0.2) is 30.3 Å². The van der Waals surface area contributed by atoms with E-state index in [9.17, 15) is 0 Å². The van der Waals surface area contributed by atoms with Gasteiger partial charge in [0.25, 0.3) is 0 Å². The Kier molecular flexibility index (Phi) is 3.61. The highest BCUT2D eigenvalue weighted by Gasteiger charge is 2.09. The number of aromatic amines is 1. The quantitative estimate of drug-likeness (QED) is 0.647. The number of aromatic nitrogens is 2. The van der Waals surface area contributed by atoms with E-state index in [0.29, 0.717) is 5.15 Å². The summed E-state index contributed by atoms with van der Waals surface area (Å²) in [6.45, 7) is 0. The van der Waals surface area contributed by atoms with Crippen molar-refractivity contribution in [2.24, 2.45) is 0 Å². The number of halogens is 1. The zero-order valence-electron chi connectivity index (χ0n) is 11.4. The van der Waals surface area contributed by atoms with Crippen molar-refractivity contribution in [2.75, 3.05) is 14.1 Å². The number of nitrogens with one attached hydrogen (secondary N) is 3. The molecule has 3 aromatic rings. The maximum atomic E-state index is 5.93. The number of pyridine rings is 1. The molecule has 0 bridgehead atoms. The van der Waals surface area contributed by atoms with Gasteiger partial charge in [-0.15, -0.1) is 0 Å². The highest BCUT2D eigenvalue weighted by molar-refractivity contribution is 6.30. The highest BCUT2D eigenvalue weighted by Crippen LogP contribution is 2.26. The minimum Gasteiger partial charge on any atom is -0.339 e. The molecule has 0 aliphatic heterocycles. The molecule has 2 heterocycles. The van der Waals surface area contributed by atoms with E-state index < -0.39 is 0 Å². The van der Waals surface area contributed by atoms with Gasteiger partial charge in [0.05, 0.1) is 0 Å². The number of hydrogen-bond donors (Lipinski definition) is 3. The summed E-state index contributed by atoms with van der Waals surface area (Å²) in [5.74, 6) is 0. The Labute approximate surface area is 122 Å². The lowest BCUT2D eigenvalue weighted by Gasteiger charge is -2.13. The Morgan fingerprint density at radius 2 is 1.95 bits per heavy atom. The largest absolute Gasteiger partial charge is 0.339 e. The van der Waals surface area contributed by atoms with E-state index in [2.05, 4.69) is 38.8 Å². The second kappa shape index (κ2) is 5.40. The van der Waals surface area contributed by atoms with Gasteiger partial charge in [-0.25, -0.2) is 4.98 Å². The predicted octanol–water partition coefficient (Wildman–Crippen LogP) is 2.84. The topological polar surface area (TPSA) is 52.7 Å². The van der Waals surface area contributed by atoms with Crippen molar-refractivity contribution < 1.29 is 0 Å². The molecule has 5 heteroatoms. The van der Waals surface area contributed by atoms with Crippen LogP contribution in [0.3, 0.4) is 0 Å². The molecule has 0 amide bonds. The summed E-state index contributed by atoms with van der Waals surface area (Å²) in [6.07, 6.45) is 1.93. The molecule has 0 atom stereocenters. The van der Waals surface area contributed by atoms with Gasteiger partial charge >= 0.3 is 0 Å². The number of nitrogens with zero attached hydrogens (tertiary/aromatic N) is 1. The molecule has 20 heavy (non-hydrogen) atoms. The Bertz CT molecular complexity index is 746. The third-order valence-corrected chi connectivity index (χ3v) is 3.68. The van der Waals surface area contributed by atoms with Gasteiger partial charge in [-0.3, -0.25) is 10.6 Å². The fourth-order valence-corrected chi connectivity index (χ4v) is 2.56. The van der Waals surface area contributed by atoms with E-state index in [4.69, 9.17) is 11.6 Å². The summed E-state index contributed by atoms with van der Waals surface area (Å²) >= 11 is 5.93. The first-order chi connectivity index (χ1) is 9.71. The Morgan fingerprint density at radius 3 is 2.70 bits per heavy atom. The maximum absolute atomic E-state index is 5.93. The van der Waals surface area contributed by atoms with E-state index in [1.165, 1.54) is 10.9 Å². The van der Waals surface area contributed by atoms with Gasteiger partial charge in [-0.2, -0.15) is 0 Å². The zero-order valence-corrected chi connectivity index (χ0v) is 12.2. The predicted molar refractivity (Wildman–Crippen MR) is 83.7 cm³/mol. The van der Waals surface area contributed by atoms with Gasteiger partial charge in [-0.1, -0.05) is 17.7 Å². The third-order valence-electron chi connectivity index (χ3n) is 3.47. The number of benzene rings is 1. The van der Waals surface area contributed by atoms with E-state index in [1.54, 1.807) is 0 Å². The summed E-state index contributed by atoms with van der Waals surface area (Å²) in [5.41, 5.74) is 3.15. The molecule has 4 nitrogen and oxygen atoms in total. The van der Waals surface area contributed by atoms with Crippen molar-refractivity contribution in [2.45, 2.75) is 6.42 Å². The standard InChI is InChI=1S/C15H16ClN4/c1-17-14(18-2)8-9-3-5-12-11(7-9)10-4-6-13(16)20-15(10)19-12/h3-7,17-18H,8H2,1-2H3,(H,19,20). The molecular weight excluding hydrogens is 272 g/mol. The number of fused-ring (bicyclic) bond motifs is 3. The lowest BCUT2D eigenvalue weighted by Crippen LogP contribution is -2.30. The van der Waals surface area contributed by atoms with Crippen molar-refractivity contribution in [1.29, 1.82) is 0 Å². The Balaban J connectivity index is 2.07. The lowest BCUT2D eigenvalue weighted by molar-refractivity contribution is 0.644. The van der Waals surface area contributed by atoms with Crippen LogP contribution in [0.4, 0.5) is 0 Å². The summed E-state index contributed by atoms with van der Waals surface area (Å²) in [4.78, 5) is 7.61. The van der Waals surface area contributed by atoms with Gasteiger partial charge in [0.15, 0.2) is 0 Å². The summed E-state index contributed by atoms with van der Waals surface area (Å²) in [7, 11) is 3.84. The van der Waals surface area contributed by atoms with Gasteiger partial charge in [0.1, 0.15) is 17.0 Å². The van der Waals surface area contributed by atoms with Gasteiger partial charge < -0.3 is 4.98 Å². The molecule has 0 saturated carbocycles. The number of H-pyrrole nitrogens is 1. The van der Waals surface area contributed by atoms with Gasteiger partial charge in [0.2, 0.25) is 0 Å². The lowest BCUT2D eigenvalue weighted by atomic mass is 10.1. The van der Waals surface area contributed by atoms with Crippen molar-refractivity contribution in [3.63, 3.8) is 0 Å². The third kappa shape index (κ3) is 2.38. The van der Waals surface area contributed by atoms with Crippen molar-refractivity contribution >= 4 is 33.5 Å². The van der Waals surface area contributed by atoms with Gasteiger partial charge in [-0.05, 0) is 43.9 Å². The molecule has 1 aromatic carbocycles. The first-order valence-electron chi connectivity index (χ1n) is 6.49. The van der Waals surface area contributed by atoms with Crippen LogP contribution in [0, 0.1) is 6.17 Å². The normalized spacial score (nSPS) is 11.8. The molecule has 0 aliphatic carbocycles. The maximum Gasteiger partial charge on any atom is 0.140 e. The fourth-order valence-electron chi connectivity index (χ4n) is 2.41. The average molecular weight is 288 g/mol. The Morgan fingerprint density at radius 1 is 1.15 bits per heavy atom. The van der Waals surface area contributed by atoms with Crippen LogP contribution in [0.5, 0.6) is 0 Å². The molecular formula is C15H16ClN4. The fraction of sp³-hybridized carbons (Fsp3) is 0.200. The van der Waals surface area contributed by atoms with Crippen LogP contribution >= 0.6 is 11.6 Å². The Hall–Kier alpha value is -1.62. The molecule has 3 rings (SSSR count). The minimum absolute atomic E-state index is 0.505. The zero-order chi connectivity index (χ0) is 14.1. The number of likely N-dealkylation sites (N-methyl/N-ethyl adjacent to an activating group) is 2. The average Bonchev–Trinajstić information content (AvgIpc) is 2.81. The van der Waals surface area contributed by atoms with Crippen LogP contribution < -0.4 is 10.6 Å². The first kappa shape index (κ1) is 13.4. The second-order valence-corrected chi connectivity index (χ2v) is 5.08. The molecule has 0 fully saturated rings. The SMILES string of the molecule is CN[C](Cc1ccc2[nH]c3nc(Cl)ccc3c2c1)NC. The molecule has 0 aliphatic rings. The summed E-state index contributed by atoms with van der Waals surface area (Å²) in [5, 5.41) is 9.09. The van der Waals surface area contributed by atoms with Crippen molar-refractivity contribution in [3.8, 4) is 0 Å². The number of hydrogen-bond acceptors (Lipinski definition) is 3. The smallest absolute Gasteiger partial charge is 0.140 e. The molecule has 2 aromatic heterocycles. The molecule has 103 valence electrons. The highest BCUT2D eigenvalue weighted by atomic mass is 35.5. The van der Waals surface area contributed by atoms with Crippen LogP contribution in [-0.2, 0) is 6.42 Å². The number of rotatable bonds is 4. The van der Waals surface area contributed by atoms with Crippen LogP contribution in [-0.4, -0.2) is 24.1 Å². The summed E-state index contributed by atoms with van der Waals surface area (Å²) in [6, 6.07) is 10.2. The van der Waals surface area contributed by atoms with E-state index in [-0.39, 0.29) is 0 Å². The first-order valence-corrected chi connectivity index (χ1v) is 6.87. The molecule has 0 unspecified atom stereocenters. The van der Waals surface area contributed by atoms with E-state index >= 15 is 0 Å².